The van der Waals surface area contributed by atoms with E-state index in [1.165, 1.54) is 4.88 Å². The van der Waals surface area contributed by atoms with Crippen LogP contribution in [0.4, 0.5) is 10.8 Å². The average molecular weight is 373 g/mol. The number of anilines is 2. The number of nitrogens with one attached hydrogen (secondary N) is 3. The molecule has 0 saturated heterocycles. The molecule has 0 aliphatic carbocycles. The van der Waals surface area contributed by atoms with E-state index in [1.54, 1.807) is 31.8 Å². The van der Waals surface area contributed by atoms with Gasteiger partial charge in [-0.05, 0) is 19.1 Å². The third-order valence-corrected chi connectivity index (χ3v) is 4.66. The first-order valence-electron chi connectivity index (χ1n) is 8.31. The van der Waals surface area contributed by atoms with E-state index in [9.17, 15) is 0 Å². The van der Waals surface area contributed by atoms with Crippen LogP contribution >= 0.6 is 11.3 Å². The summed E-state index contributed by atoms with van der Waals surface area (Å²) in [6.45, 7) is 4.28. The number of benzene rings is 1. The van der Waals surface area contributed by atoms with E-state index in [0.717, 1.165) is 46.7 Å². The molecule has 3 rings (SSSR count). The Morgan fingerprint density at radius 2 is 2.08 bits per heavy atom. The maximum atomic E-state index is 5.53. The largest absolute Gasteiger partial charge is 0.496 e. The van der Waals surface area contributed by atoms with Crippen molar-refractivity contribution in [2.45, 2.75) is 13.5 Å². The van der Waals surface area contributed by atoms with Crippen molar-refractivity contribution >= 4 is 22.2 Å². The first kappa shape index (κ1) is 18.4. The van der Waals surface area contributed by atoms with Crippen molar-refractivity contribution in [2.24, 2.45) is 0 Å². The minimum Gasteiger partial charge on any atom is -0.496 e. The Labute approximate surface area is 156 Å². The van der Waals surface area contributed by atoms with Gasteiger partial charge in [-0.1, -0.05) is 0 Å². The van der Waals surface area contributed by atoms with Gasteiger partial charge >= 0.3 is 0 Å². The summed E-state index contributed by atoms with van der Waals surface area (Å²) >= 11 is 1.62. The second kappa shape index (κ2) is 8.79. The number of aryl methyl sites for hydroxylation is 1. The Bertz CT molecular complexity index is 846. The number of hydrogen-bond donors (Lipinski definition) is 3. The molecule has 3 N–H and O–H groups in total. The minimum absolute atomic E-state index is 0.700. The van der Waals surface area contributed by atoms with Crippen LogP contribution in [0.3, 0.4) is 0 Å². The zero-order chi connectivity index (χ0) is 18.4. The smallest absolute Gasteiger partial charge is 0.187 e. The van der Waals surface area contributed by atoms with Crippen molar-refractivity contribution in [3.05, 3.63) is 41.2 Å². The van der Waals surface area contributed by atoms with Gasteiger partial charge in [0.25, 0.3) is 0 Å². The topological polar surface area (TPSA) is 84.1 Å². The number of rotatable bonds is 9. The van der Waals surface area contributed by atoms with Crippen LogP contribution in [-0.2, 0) is 11.3 Å². The first-order valence-corrected chi connectivity index (χ1v) is 9.12. The fraction of sp³-hybridized carbons (Fsp3) is 0.333. The Kier molecular flexibility index (Phi) is 6.21. The Hall–Kier alpha value is -2.42. The summed E-state index contributed by atoms with van der Waals surface area (Å²) in [5.41, 5.74) is 2.86. The van der Waals surface area contributed by atoms with Crippen LogP contribution in [0.2, 0.25) is 0 Å². The molecule has 3 aromatic rings. The van der Waals surface area contributed by atoms with Crippen molar-refractivity contribution in [2.75, 3.05) is 32.7 Å². The SMILES string of the molecule is COCCNCc1cnc(Nc2ccc(-c3ncc(C)[nH]3)c(OC)c2)s1. The second-order valence-electron chi connectivity index (χ2n) is 5.76. The lowest BCUT2D eigenvalue weighted by Gasteiger charge is -2.09. The molecule has 138 valence electrons. The molecular weight excluding hydrogens is 350 g/mol. The van der Waals surface area contributed by atoms with Crippen molar-refractivity contribution in [3.63, 3.8) is 0 Å². The molecule has 2 aromatic heterocycles. The van der Waals surface area contributed by atoms with Crippen LogP contribution in [0.5, 0.6) is 5.75 Å². The van der Waals surface area contributed by atoms with E-state index in [0.29, 0.717) is 6.61 Å². The average Bonchev–Trinajstić information content (AvgIpc) is 3.27. The predicted octanol–water partition coefficient (Wildman–Crippen LogP) is 3.33. The van der Waals surface area contributed by atoms with E-state index in [2.05, 4.69) is 25.6 Å². The maximum Gasteiger partial charge on any atom is 0.187 e. The highest BCUT2D eigenvalue weighted by molar-refractivity contribution is 7.15. The highest BCUT2D eigenvalue weighted by Gasteiger charge is 2.11. The fourth-order valence-corrected chi connectivity index (χ4v) is 3.27. The number of hydrogen-bond acceptors (Lipinski definition) is 7. The summed E-state index contributed by atoms with van der Waals surface area (Å²) < 4.78 is 10.6. The number of ether oxygens (including phenoxy) is 2. The van der Waals surface area contributed by atoms with Crippen molar-refractivity contribution < 1.29 is 9.47 Å². The Morgan fingerprint density at radius 3 is 2.81 bits per heavy atom. The monoisotopic (exact) mass is 373 g/mol. The molecule has 0 aliphatic heterocycles. The Morgan fingerprint density at radius 1 is 1.19 bits per heavy atom. The number of H-pyrrole nitrogens is 1. The van der Waals surface area contributed by atoms with Crippen LogP contribution in [0.15, 0.2) is 30.6 Å². The maximum absolute atomic E-state index is 5.53. The molecule has 0 bridgehead atoms. The summed E-state index contributed by atoms with van der Waals surface area (Å²) in [6.07, 6.45) is 3.68. The number of aromatic amines is 1. The lowest BCUT2D eigenvalue weighted by molar-refractivity contribution is 0.199. The van der Waals surface area contributed by atoms with Gasteiger partial charge < -0.3 is 25.1 Å². The molecule has 0 radical (unpaired) electrons. The molecule has 8 heteroatoms. The van der Waals surface area contributed by atoms with Crippen molar-refractivity contribution in [1.82, 2.24) is 20.3 Å². The van der Waals surface area contributed by atoms with Gasteiger partial charge in [0.1, 0.15) is 11.6 Å². The lowest BCUT2D eigenvalue weighted by atomic mass is 10.1. The van der Waals surface area contributed by atoms with Crippen molar-refractivity contribution in [1.29, 1.82) is 0 Å². The summed E-state index contributed by atoms with van der Waals surface area (Å²) in [5.74, 6) is 1.55. The first-order chi connectivity index (χ1) is 12.7. The quantitative estimate of drug-likeness (QED) is 0.499. The van der Waals surface area contributed by atoms with Crippen LogP contribution in [0, 0.1) is 6.92 Å². The minimum atomic E-state index is 0.700. The summed E-state index contributed by atoms with van der Waals surface area (Å²) in [7, 11) is 3.36. The van der Waals surface area contributed by atoms with E-state index < -0.39 is 0 Å². The van der Waals surface area contributed by atoms with Gasteiger partial charge in [-0.2, -0.15) is 0 Å². The molecule has 0 fully saturated rings. The third-order valence-electron chi connectivity index (χ3n) is 3.75. The van der Waals surface area contributed by atoms with Crippen LogP contribution in [0.25, 0.3) is 11.4 Å². The van der Waals surface area contributed by atoms with Gasteiger partial charge in [0.2, 0.25) is 0 Å². The molecule has 0 atom stereocenters. The normalized spacial score (nSPS) is 10.9. The summed E-state index contributed by atoms with van der Waals surface area (Å²) in [4.78, 5) is 13.2. The summed E-state index contributed by atoms with van der Waals surface area (Å²) in [6, 6.07) is 5.93. The standard InChI is InChI=1S/C18H23N5O2S/c1-12-9-20-17(22-12)15-5-4-13(8-16(15)25-3)23-18-21-11-14(26-18)10-19-6-7-24-2/h4-5,8-9,11,19H,6-7,10H2,1-3H3,(H,20,22)(H,21,23). The molecule has 7 nitrogen and oxygen atoms in total. The van der Waals surface area contributed by atoms with Gasteiger partial charge in [-0.3, -0.25) is 0 Å². The van der Waals surface area contributed by atoms with E-state index in [1.807, 2.05) is 31.3 Å². The summed E-state index contributed by atoms with van der Waals surface area (Å²) in [5, 5.41) is 7.49. The number of aromatic nitrogens is 3. The number of thiazole rings is 1. The zero-order valence-electron chi connectivity index (χ0n) is 15.1. The molecule has 0 amide bonds. The van der Waals surface area contributed by atoms with Gasteiger partial charge in [-0.15, -0.1) is 11.3 Å². The highest BCUT2D eigenvalue weighted by Crippen LogP contribution is 2.32. The van der Waals surface area contributed by atoms with Crippen molar-refractivity contribution in [3.8, 4) is 17.1 Å². The number of methoxy groups -OCH3 is 2. The van der Waals surface area contributed by atoms with Crippen LogP contribution < -0.4 is 15.4 Å². The van der Waals surface area contributed by atoms with E-state index in [-0.39, 0.29) is 0 Å². The fourth-order valence-electron chi connectivity index (χ4n) is 2.47. The molecule has 0 unspecified atom stereocenters. The van der Waals surface area contributed by atoms with Crippen LogP contribution in [-0.4, -0.2) is 42.3 Å². The predicted molar refractivity (Wildman–Crippen MR) is 104 cm³/mol. The van der Waals surface area contributed by atoms with Crippen LogP contribution in [0.1, 0.15) is 10.6 Å². The van der Waals surface area contributed by atoms with E-state index >= 15 is 0 Å². The van der Waals surface area contributed by atoms with E-state index in [4.69, 9.17) is 9.47 Å². The number of imidazole rings is 1. The lowest BCUT2D eigenvalue weighted by Crippen LogP contribution is -2.17. The number of nitrogens with zero attached hydrogens (tertiary/aromatic N) is 2. The Balaban J connectivity index is 1.67. The van der Waals surface area contributed by atoms with Gasteiger partial charge in [0, 0.05) is 54.9 Å². The highest BCUT2D eigenvalue weighted by atomic mass is 32.1. The second-order valence-corrected chi connectivity index (χ2v) is 6.87. The van der Waals surface area contributed by atoms with Gasteiger partial charge in [0.15, 0.2) is 5.13 Å². The zero-order valence-corrected chi connectivity index (χ0v) is 15.9. The van der Waals surface area contributed by atoms with Gasteiger partial charge in [0.05, 0.1) is 19.3 Å². The molecule has 0 spiro atoms. The molecule has 26 heavy (non-hydrogen) atoms. The molecule has 1 aromatic carbocycles. The third kappa shape index (κ3) is 4.60. The molecule has 0 saturated carbocycles. The van der Waals surface area contributed by atoms with Gasteiger partial charge in [-0.25, -0.2) is 9.97 Å². The molecule has 0 aliphatic rings. The molecule has 2 heterocycles. The molecular formula is C18H23N5O2S.